The molecule has 0 bridgehead atoms. The first kappa shape index (κ1) is 32.5. The molecule has 2 amide bonds. The smallest absolute Gasteiger partial charge is 0.243 e. The fraction of sp³-hybridized carbons (Fsp3) is 0.273. The van der Waals surface area contributed by atoms with Crippen molar-refractivity contribution in [1.82, 2.24) is 14.5 Å². The van der Waals surface area contributed by atoms with Gasteiger partial charge in [-0.05, 0) is 61.4 Å². The van der Waals surface area contributed by atoms with E-state index in [0.717, 1.165) is 20.6 Å². The third-order valence-corrected chi connectivity index (χ3v) is 9.45. The van der Waals surface area contributed by atoms with Crippen molar-refractivity contribution in [3.8, 4) is 0 Å². The third-order valence-electron chi connectivity index (χ3n) is 6.95. The van der Waals surface area contributed by atoms with Crippen molar-refractivity contribution in [1.29, 1.82) is 0 Å². The van der Waals surface area contributed by atoms with E-state index in [9.17, 15) is 18.0 Å². The van der Waals surface area contributed by atoms with Crippen molar-refractivity contribution in [3.05, 3.63) is 112 Å². The Morgan fingerprint density at radius 3 is 2.07 bits per heavy atom. The van der Waals surface area contributed by atoms with E-state index in [2.05, 4.69) is 5.32 Å². The van der Waals surface area contributed by atoms with Crippen molar-refractivity contribution >= 4 is 55.8 Å². The maximum absolute atomic E-state index is 14.1. The molecule has 0 aliphatic heterocycles. The van der Waals surface area contributed by atoms with Crippen LogP contribution in [-0.4, -0.2) is 54.6 Å². The summed E-state index contributed by atoms with van der Waals surface area (Å²) in [5.74, 6) is -0.958. The van der Waals surface area contributed by atoms with Crippen LogP contribution in [0.4, 0.5) is 0 Å². The van der Waals surface area contributed by atoms with E-state index in [0.29, 0.717) is 15.6 Å². The van der Waals surface area contributed by atoms with Crippen LogP contribution in [-0.2, 0) is 32.6 Å². The second kappa shape index (κ2) is 13.5. The lowest BCUT2D eigenvalue weighted by molar-refractivity contribution is -0.141. The predicted molar refractivity (Wildman–Crippen MR) is 173 cm³/mol. The molecule has 43 heavy (non-hydrogen) atoms. The maximum Gasteiger partial charge on any atom is 0.243 e. The minimum absolute atomic E-state index is 0.0634. The summed E-state index contributed by atoms with van der Waals surface area (Å²) in [5.41, 5.74) is 0.705. The molecule has 0 fully saturated rings. The van der Waals surface area contributed by atoms with Crippen LogP contribution in [0.3, 0.4) is 0 Å². The van der Waals surface area contributed by atoms with Gasteiger partial charge in [0.05, 0.1) is 11.4 Å². The Labute approximate surface area is 263 Å². The third kappa shape index (κ3) is 8.15. The largest absolute Gasteiger partial charge is 0.350 e. The van der Waals surface area contributed by atoms with Crippen LogP contribution in [0.15, 0.2) is 95.9 Å². The first-order valence-electron chi connectivity index (χ1n) is 13.8. The highest BCUT2D eigenvalue weighted by molar-refractivity contribution is 7.89. The molecule has 0 heterocycles. The maximum atomic E-state index is 14.1. The lowest BCUT2D eigenvalue weighted by Gasteiger charge is -2.35. The summed E-state index contributed by atoms with van der Waals surface area (Å²) in [7, 11) is -2.70. The number of nitrogens with one attached hydrogen (secondary N) is 1. The summed E-state index contributed by atoms with van der Waals surface area (Å²) in [4.78, 5) is 29.4. The normalized spacial score (nSPS) is 12.7. The molecule has 0 saturated heterocycles. The highest BCUT2D eigenvalue weighted by atomic mass is 35.5. The molecule has 10 heteroatoms. The molecule has 0 aliphatic rings. The van der Waals surface area contributed by atoms with Gasteiger partial charge in [-0.25, -0.2) is 8.42 Å². The highest BCUT2D eigenvalue weighted by Crippen LogP contribution is 2.28. The first-order valence-corrected chi connectivity index (χ1v) is 16.0. The van der Waals surface area contributed by atoms with Crippen molar-refractivity contribution in [2.24, 2.45) is 0 Å². The average Bonchev–Trinajstić information content (AvgIpc) is 2.95. The molecule has 0 unspecified atom stereocenters. The Balaban J connectivity index is 1.72. The summed E-state index contributed by atoms with van der Waals surface area (Å²) < 4.78 is 28.2. The number of sulfonamides is 1. The molecule has 4 aromatic rings. The standard InChI is InChI=1S/C33H35Cl2N3O4S/c1-33(2,3)36-32(40)30(19-23-11-6-5-7-12-23)38(21-27-28(34)15-10-16-29(27)35)31(39)22-37(4)43(41,42)26-18-17-24-13-8-9-14-25(24)20-26/h5-18,20,30H,19,21-22H2,1-4H3,(H,36,40)/t30-/m1/s1. The number of hydrogen-bond acceptors (Lipinski definition) is 4. The summed E-state index contributed by atoms with van der Waals surface area (Å²) in [6.45, 7) is 4.95. The van der Waals surface area contributed by atoms with Gasteiger partial charge < -0.3 is 10.2 Å². The second-order valence-electron chi connectivity index (χ2n) is 11.4. The number of fused-ring (bicyclic) bond motifs is 1. The molecule has 0 spiro atoms. The molecular weight excluding hydrogens is 605 g/mol. The fourth-order valence-corrected chi connectivity index (χ4v) is 6.41. The number of carbonyl (C=O) groups excluding carboxylic acids is 2. The summed E-state index contributed by atoms with van der Waals surface area (Å²) in [5, 5.41) is 5.31. The van der Waals surface area contributed by atoms with Crippen LogP contribution in [0.25, 0.3) is 10.8 Å². The van der Waals surface area contributed by atoms with Gasteiger partial charge in [0.25, 0.3) is 0 Å². The average molecular weight is 641 g/mol. The highest BCUT2D eigenvalue weighted by Gasteiger charge is 2.35. The van der Waals surface area contributed by atoms with Gasteiger partial charge in [0.1, 0.15) is 6.04 Å². The van der Waals surface area contributed by atoms with Gasteiger partial charge in [0.15, 0.2) is 0 Å². The van der Waals surface area contributed by atoms with E-state index in [-0.39, 0.29) is 23.8 Å². The SMILES string of the molecule is CN(CC(=O)N(Cc1c(Cl)cccc1Cl)[C@H](Cc1ccccc1)C(=O)NC(C)(C)C)S(=O)(=O)c1ccc2ccccc2c1. The Morgan fingerprint density at radius 2 is 1.44 bits per heavy atom. The zero-order valence-corrected chi connectivity index (χ0v) is 26.9. The van der Waals surface area contributed by atoms with Crippen LogP contribution in [0.1, 0.15) is 31.9 Å². The van der Waals surface area contributed by atoms with Crippen LogP contribution < -0.4 is 5.32 Å². The zero-order valence-electron chi connectivity index (χ0n) is 24.6. The van der Waals surface area contributed by atoms with E-state index in [1.807, 2.05) is 75.4 Å². The van der Waals surface area contributed by atoms with Crippen molar-refractivity contribution in [3.63, 3.8) is 0 Å². The minimum atomic E-state index is -4.05. The molecule has 4 aromatic carbocycles. The Hall–Kier alpha value is -3.43. The van der Waals surface area contributed by atoms with Crippen LogP contribution in [0.2, 0.25) is 10.0 Å². The Morgan fingerprint density at radius 1 is 0.837 bits per heavy atom. The molecule has 7 nitrogen and oxygen atoms in total. The van der Waals surface area contributed by atoms with E-state index >= 15 is 0 Å². The number of carbonyl (C=O) groups is 2. The van der Waals surface area contributed by atoms with E-state index in [4.69, 9.17) is 23.2 Å². The van der Waals surface area contributed by atoms with Crippen molar-refractivity contribution < 1.29 is 18.0 Å². The number of rotatable bonds is 10. The fourth-order valence-electron chi connectivity index (χ4n) is 4.73. The minimum Gasteiger partial charge on any atom is -0.350 e. The predicted octanol–water partition coefficient (Wildman–Crippen LogP) is 6.32. The van der Waals surface area contributed by atoms with Gasteiger partial charge in [-0.15, -0.1) is 0 Å². The van der Waals surface area contributed by atoms with Crippen LogP contribution in [0, 0.1) is 0 Å². The van der Waals surface area contributed by atoms with Gasteiger partial charge in [-0.3, -0.25) is 9.59 Å². The topological polar surface area (TPSA) is 86.8 Å². The number of hydrogen-bond donors (Lipinski definition) is 1. The molecule has 1 atom stereocenters. The first-order chi connectivity index (χ1) is 20.3. The second-order valence-corrected chi connectivity index (χ2v) is 14.3. The molecule has 0 aliphatic carbocycles. The molecular formula is C33H35Cl2N3O4S. The number of amides is 2. The quantitative estimate of drug-likeness (QED) is 0.220. The number of nitrogens with zero attached hydrogens (tertiary/aromatic N) is 2. The lowest BCUT2D eigenvalue weighted by Crippen LogP contribution is -2.56. The Kier molecular flexibility index (Phi) is 10.2. The molecule has 4 rings (SSSR count). The van der Waals surface area contributed by atoms with Crippen molar-refractivity contribution in [2.45, 2.75) is 50.2 Å². The Bertz CT molecular complexity index is 1700. The van der Waals surface area contributed by atoms with E-state index in [1.54, 1.807) is 30.3 Å². The van der Waals surface area contributed by atoms with Crippen LogP contribution in [0.5, 0.6) is 0 Å². The van der Waals surface area contributed by atoms with Gasteiger partial charge in [0.2, 0.25) is 21.8 Å². The molecule has 0 radical (unpaired) electrons. The number of likely N-dealkylation sites (N-methyl/N-ethyl adjacent to an activating group) is 1. The molecule has 226 valence electrons. The van der Waals surface area contributed by atoms with E-state index in [1.165, 1.54) is 18.0 Å². The van der Waals surface area contributed by atoms with Gasteiger partial charge in [-0.1, -0.05) is 89.9 Å². The van der Waals surface area contributed by atoms with Crippen LogP contribution >= 0.6 is 23.2 Å². The zero-order chi connectivity index (χ0) is 31.4. The number of halogens is 2. The number of benzene rings is 4. The molecule has 0 aromatic heterocycles. The molecule has 0 saturated carbocycles. The van der Waals surface area contributed by atoms with Gasteiger partial charge in [0, 0.05) is 41.2 Å². The summed E-state index contributed by atoms with van der Waals surface area (Å²) >= 11 is 13.0. The van der Waals surface area contributed by atoms with Crippen molar-refractivity contribution in [2.75, 3.05) is 13.6 Å². The summed E-state index contributed by atoms with van der Waals surface area (Å²) in [6, 6.07) is 25.6. The summed E-state index contributed by atoms with van der Waals surface area (Å²) in [6.07, 6.45) is 0.192. The molecule has 1 N–H and O–H groups in total. The lowest BCUT2D eigenvalue weighted by atomic mass is 10.0. The monoisotopic (exact) mass is 639 g/mol. The van der Waals surface area contributed by atoms with E-state index < -0.39 is 34.1 Å². The van der Waals surface area contributed by atoms with Gasteiger partial charge in [-0.2, -0.15) is 4.31 Å². The van der Waals surface area contributed by atoms with Gasteiger partial charge >= 0.3 is 0 Å².